The Morgan fingerprint density at radius 3 is 1.40 bits per heavy atom. The first-order valence-electron chi connectivity index (χ1n) is 0.524. The molecule has 0 amide bonds. The molecule has 0 aliphatic heterocycles. The summed E-state index contributed by atoms with van der Waals surface area (Å²) < 4.78 is 0.840. The fraction of sp³-hybridized carbons (Fsp3) is 0. The van der Waals surface area contributed by atoms with Crippen molar-refractivity contribution in [3.63, 3.8) is 0 Å². The average molecular weight is 156 g/mol. The average Bonchev–Trinajstić information content (AvgIpc) is 0.918. The van der Waals surface area contributed by atoms with Crippen molar-refractivity contribution < 1.29 is 40.5 Å². The second kappa shape index (κ2) is 24.9. The molecular formula is CH5O3Zr. The van der Waals surface area contributed by atoms with Crippen LogP contribution in [0.3, 0.4) is 0 Å². The van der Waals surface area contributed by atoms with Gasteiger partial charge < -0.3 is 11.0 Å². The monoisotopic (exact) mass is 155 g/mol. The summed E-state index contributed by atoms with van der Waals surface area (Å²) in [7, 11) is 0. The molecule has 0 aliphatic rings. The van der Waals surface area contributed by atoms with Crippen LogP contribution in [0.25, 0.3) is 0 Å². The van der Waals surface area contributed by atoms with E-state index in [1.54, 1.807) is 0 Å². The van der Waals surface area contributed by atoms with E-state index in [-0.39, 0.29) is 11.0 Å². The number of carbonyl (C=O) groups is 1. The summed E-state index contributed by atoms with van der Waals surface area (Å²) >= 11 is 0.954. The second-order valence-electron chi connectivity index (χ2n) is 0.118. The van der Waals surface area contributed by atoms with E-state index < -0.39 is 0 Å². The van der Waals surface area contributed by atoms with Crippen LogP contribution in [0.1, 0.15) is 0 Å². The summed E-state index contributed by atoms with van der Waals surface area (Å²) in [5.41, 5.74) is 0. The van der Waals surface area contributed by atoms with E-state index in [1.165, 1.54) is 0 Å². The Bertz CT molecular complexity index is 14.4. The van der Waals surface area contributed by atoms with Gasteiger partial charge >= 0.3 is 33.5 Å². The predicted molar refractivity (Wildman–Crippen MR) is 14.0 cm³/mol. The number of hydrogen-bond acceptors (Lipinski definition) is 1. The summed E-state index contributed by atoms with van der Waals surface area (Å²) in [5.74, 6) is 0. The van der Waals surface area contributed by atoms with Crippen molar-refractivity contribution >= 4 is 3.99 Å². The molecule has 4 heteroatoms. The Hall–Kier alpha value is 0.473. The quantitative estimate of drug-likeness (QED) is 0.376. The van der Waals surface area contributed by atoms with Gasteiger partial charge in [0.15, 0.2) is 0 Å². The first-order valence-corrected chi connectivity index (χ1v) is 1.94. The molecule has 0 saturated carbocycles. The zero-order valence-corrected chi connectivity index (χ0v) is 4.94. The van der Waals surface area contributed by atoms with E-state index in [9.17, 15) is 0 Å². The Kier molecular flexibility index (Phi) is 89.0. The fourth-order valence-corrected chi connectivity index (χ4v) is 0. The summed E-state index contributed by atoms with van der Waals surface area (Å²) in [5, 5.41) is 0. The molecule has 0 fully saturated rings. The van der Waals surface area contributed by atoms with Crippen LogP contribution in [-0.2, 0) is 29.5 Å². The van der Waals surface area contributed by atoms with E-state index in [1.807, 2.05) is 0 Å². The zero-order valence-electron chi connectivity index (χ0n) is 2.49. The third kappa shape index (κ3) is 122. The molecule has 3 nitrogen and oxygen atoms in total. The van der Waals surface area contributed by atoms with Crippen molar-refractivity contribution in [2.75, 3.05) is 0 Å². The van der Waals surface area contributed by atoms with E-state index in [4.69, 9.17) is 4.79 Å². The molecule has 0 heterocycles. The number of hydrogen-bond donors (Lipinski definition) is 0. The van der Waals surface area contributed by atoms with Crippen LogP contribution < -0.4 is 0 Å². The van der Waals surface area contributed by atoms with Crippen LogP contribution in [0.4, 0.5) is 0 Å². The molecule has 0 aliphatic carbocycles. The van der Waals surface area contributed by atoms with Crippen LogP contribution in [0.15, 0.2) is 0 Å². The minimum atomic E-state index is 0. The molecule has 0 rings (SSSR count). The summed E-state index contributed by atoms with van der Waals surface area (Å²) in [6.07, 6.45) is 0. The molecule has 0 atom stereocenters. The first-order chi connectivity index (χ1) is 1.41. The van der Waals surface area contributed by atoms with Crippen molar-refractivity contribution in [1.82, 2.24) is 0 Å². The standard InChI is InChI=1S/CHO.2H2O.Zr/c1-2;;;/h1H;2*1H2;. The van der Waals surface area contributed by atoms with Gasteiger partial charge in [0.1, 0.15) is 0 Å². The van der Waals surface area contributed by atoms with Gasteiger partial charge in [-0.25, -0.2) is 0 Å². The Balaban J connectivity index is -0.0000000200. The van der Waals surface area contributed by atoms with Gasteiger partial charge in [0.25, 0.3) is 0 Å². The van der Waals surface area contributed by atoms with E-state index in [0.29, 0.717) is 0 Å². The number of rotatable bonds is 0. The van der Waals surface area contributed by atoms with Crippen LogP contribution in [0.2, 0.25) is 0 Å². The van der Waals surface area contributed by atoms with Crippen molar-refractivity contribution in [2.24, 2.45) is 0 Å². The molecule has 0 aromatic carbocycles. The van der Waals surface area contributed by atoms with Gasteiger partial charge in [-0.3, -0.25) is 0 Å². The van der Waals surface area contributed by atoms with Gasteiger partial charge in [0, 0.05) is 0 Å². The normalized spacial score (nSPS) is 2.20. The molecule has 4 N–H and O–H groups in total. The van der Waals surface area contributed by atoms with Crippen molar-refractivity contribution in [3.05, 3.63) is 0 Å². The second-order valence-corrected chi connectivity index (χ2v) is 0.697. The SMILES string of the molecule is O.O.O=[CH][Zr]. The molecular weight excluding hydrogens is 151 g/mol. The molecule has 0 bridgehead atoms. The van der Waals surface area contributed by atoms with Crippen molar-refractivity contribution in [1.29, 1.82) is 0 Å². The van der Waals surface area contributed by atoms with Crippen molar-refractivity contribution in [2.45, 2.75) is 0 Å². The van der Waals surface area contributed by atoms with Gasteiger partial charge in [0.05, 0.1) is 0 Å². The molecule has 0 aromatic heterocycles. The maximum absolute atomic E-state index is 8.85. The van der Waals surface area contributed by atoms with E-state index in [2.05, 4.69) is 0 Å². The van der Waals surface area contributed by atoms with Gasteiger partial charge in [-0.2, -0.15) is 0 Å². The molecule has 31 valence electrons. The number of carbonyl (C=O) groups excluding carboxylic acids is 1. The Morgan fingerprint density at radius 1 is 1.40 bits per heavy atom. The summed E-state index contributed by atoms with van der Waals surface area (Å²) in [6, 6.07) is 0. The third-order valence-electron chi connectivity index (χ3n) is 0. The van der Waals surface area contributed by atoms with Gasteiger partial charge in [-0.05, 0) is 0 Å². The molecule has 0 spiro atoms. The zero-order chi connectivity index (χ0) is 2.71. The minimum absolute atomic E-state index is 0. The Labute approximate surface area is 44.8 Å². The van der Waals surface area contributed by atoms with Crippen molar-refractivity contribution in [3.8, 4) is 0 Å². The molecule has 0 radical (unpaired) electrons. The van der Waals surface area contributed by atoms with Crippen LogP contribution in [0.5, 0.6) is 0 Å². The van der Waals surface area contributed by atoms with Gasteiger partial charge in [0.2, 0.25) is 0 Å². The molecule has 5 heavy (non-hydrogen) atoms. The first kappa shape index (κ1) is 17.9. The topological polar surface area (TPSA) is 80.1 Å². The predicted octanol–water partition coefficient (Wildman–Crippen LogP) is -1.93. The summed E-state index contributed by atoms with van der Waals surface area (Å²) in [4.78, 5) is 8.85. The summed E-state index contributed by atoms with van der Waals surface area (Å²) in [6.45, 7) is 0. The van der Waals surface area contributed by atoms with Crippen LogP contribution in [0, 0.1) is 0 Å². The Morgan fingerprint density at radius 2 is 1.40 bits per heavy atom. The molecule has 0 unspecified atom stereocenters. The third-order valence-corrected chi connectivity index (χ3v) is 0. The van der Waals surface area contributed by atoms with Crippen LogP contribution in [-0.4, -0.2) is 14.9 Å². The molecule has 0 saturated heterocycles. The van der Waals surface area contributed by atoms with Crippen LogP contribution >= 0.6 is 0 Å². The van der Waals surface area contributed by atoms with Gasteiger partial charge in [-0.1, -0.05) is 0 Å². The van der Waals surface area contributed by atoms with E-state index >= 15 is 0 Å². The maximum atomic E-state index is 8.85. The fourth-order valence-electron chi connectivity index (χ4n) is 0. The molecule has 0 aromatic rings. The van der Waals surface area contributed by atoms with Gasteiger partial charge in [-0.15, -0.1) is 0 Å². The van der Waals surface area contributed by atoms with E-state index in [0.717, 1.165) is 28.7 Å².